The molecule has 7 rings (SSSR count). The fraction of sp³-hybridized carbons (Fsp3) is 0.286. The van der Waals surface area contributed by atoms with E-state index in [2.05, 4.69) is 10.3 Å². The minimum Gasteiger partial charge on any atom is -0.496 e. The molecule has 0 saturated heterocycles. The van der Waals surface area contributed by atoms with Gasteiger partial charge in [0.15, 0.2) is 5.75 Å². The maximum Gasteiger partial charge on any atom is 0.332 e. The molecule has 3 aliphatic rings. The Morgan fingerprint density at radius 2 is 1.77 bits per heavy atom. The zero-order valence-electron chi connectivity index (χ0n) is 26.8. The largest absolute Gasteiger partial charge is 0.496 e. The van der Waals surface area contributed by atoms with Gasteiger partial charge in [0.1, 0.15) is 40.3 Å². The van der Waals surface area contributed by atoms with Crippen LogP contribution in [0, 0.1) is 5.92 Å². The van der Waals surface area contributed by atoms with Crippen molar-refractivity contribution >= 4 is 29.0 Å². The summed E-state index contributed by atoms with van der Waals surface area (Å²) in [6.45, 7) is 1.92. The van der Waals surface area contributed by atoms with Crippen molar-refractivity contribution in [1.82, 2.24) is 14.1 Å². The third kappa shape index (κ3) is 4.39. The van der Waals surface area contributed by atoms with Gasteiger partial charge in [-0.15, -0.1) is 0 Å². The van der Waals surface area contributed by atoms with Gasteiger partial charge in [0.05, 0.1) is 25.5 Å². The van der Waals surface area contributed by atoms with Crippen LogP contribution in [-0.2, 0) is 25.5 Å². The Hall–Kier alpha value is -5.36. The lowest BCUT2D eigenvalue weighted by molar-refractivity contribution is -0.130. The minimum absolute atomic E-state index is 0.00827. The molecule has 2 aliphatic heterocycles. The van der Waals surface area contributed by atoms with Gasteiger partial charge >= 0.3 is 5.69 Å². The van der Waals surface area contributed by atoms with E-state index in [0.29, 0.717) is 22.7 Å². The number of carbonyl (C=O) groups is 2. The van der Waals surface area contributed by atoms with Crippen molar-refractivity contribution in [2.75, 3.05) is 19.5 Å². The van der Waals surface area contributed by atoms with Crippen molar-refractivity contribution in [3.63, 3.8) is 0 Å². The average molecular weight is 671 g/mol. The Morgan fingerprint density at radius 1 is 1.00 bits per heavy atom. The van der Waals surface area contributed by atoms with Gasteiger partial charge in [0.2, 0.25) is 17.2 Å². The minimum atomic E-state index is -2.01. The van der Waals surface area contributed by atoms with Crippen LogP contribution in [0.2, 0.25) is 5.02 Å². The fourth-order valence-corrected chi connectivity index (χ4v) is 7.21. The van der Waals surface area contributed by atoms with Crippen LogP contribution in [0.15, 0.2) is 75.6 Å². The summed E-state index contributed by atoms with van der Waals surface area (Å²) in [5.41, 5.74) is -1.04. The number of methoxy groups -OCH3 is 2. The summed E-state index contributed by atoms with van der Waals surface area (Å²) in [7, 11) is 5.75. The molecule has 1 spiro atoms. The number of Topliss-reactive ketones (excluding diaryl/α,β-unsaturated/α-hetero) is 2. The number of halogens is 1. The van der Waals surface area contributed by atoms with E-state index in [4.69, 9.17) is 30.5 Å². The standard InChI is InChI=1S/C35H31ClN4O8/c1-17-13-21-25(30(41)35(17)31(42)26-22(45-4)15-23(46-5)28(36)29(26)48-35)24(27-32(38-21)39(2)34(44)40(3)33(27)43)18-9-8-11-20(14-18)47-16-19-10-6-7-12-37-19/h6-12,14-15,17,24,38H,13,16H2,1-5H3/t17-,24-,35+/m1/s1. The van der Waals surface area contributed by atoms with Crippen LogP contribution in [0.1, 0.15) is 46.4 Å². The zero-order valence-corrected chi connectivity index (χ0v) is 27.5. The van der Waals surface area contributed by atoms with E-state index in [1.165, 1.54) is 31.9 Å². The molecule has 0 amide bonds. The summed E-state index contributed by atoms with van der Waals surface area (Å²) >= 11 is 6.65. The molecule has 3 atom stereocenters. The highest BCUT2D eigenvalue weighted by atomic mass is 35.5. The highest BCUT2D eigenvalue weighted by molar-refractivity contribution is 6.36. The number of pyridine rings is 1. The number of ketones is 2. The number of allylic oxidation sites excluding steroid dienone is 1. The molecule has 0 bridgehead atoms. The molecule has 4 aromatic rings. The number of benzene rings is 2. The van der Waals surface area contributed by atoms with E-state index in [0.717, 1.165) is 4.57 Å². The van der Waals surface area contributed by atoms with E-state index in [9.17, 15) is 14.4 Å². The molecular formula is C35H31ClN4O8. The first kappa shape index (κ1) is 31.3. The SMILES string of the molecule is COc1cc(OC)c2c(c1Cl)O[C@@]1(C(=O)C3=C(C[C@H]1C)Nc1c(c(=O)n(C)c(=O)n1C)[C@@H]3c1cccc(OCc3ccccn3)c1)C2=O. The van der Waals surface area contributed by atoms with E-state index in [1.54, 1.807) is 44.4 Å². The molecule has 1 N–H and O–H groups in total. The molecular weight excluding hydrogens is 640 g/mol. The molecule has 0 unspecified atom stereocenters. The third-order valence-corrected chi connectivity index (χ3v) is 9.74. The number of anilines is 1. The van der Waals surface area contributed by atoms with Crippen LogP contribution < -0.4 is 35.5 Å². The lowest BCUT2D eigenvalue weighted by Crippen LogP contribution is -2.58. The topological polar surface area (TPSA) is 140 Å². The van der Waals surface area contributed by atoms with Gasteiger partial charge in [-0.2, -0.15) is 0 Å². The van der Waals surface area contributed by atoms with Crippen molar-refractivity contribution in [2.24, 2.45) is 20.0 Å². The van der Waals surface area contributed by atoms with Gasteiger partial charge in [-0.25, -0.2) is 4.79 Å². The average Bonchev–Trinajstić information content (AvgIpc) is 3.42. The van der Waals surface area contributed by atoms with Gasteiger partial charge in [0.25, 0.3) is 5.56 Å². The number of nitrogens with zero attached hydrogens (tertiary/aromatic N) is 3. The second kappa shape index (κ2) is 11.4. The summed E-state index contributed by atoms with van der Waals surface area (Å²) in [6.07, 6.45) is 1.84. The Balaban J connectivity index is 1.41. The van der Waals surface area contributed by atoms with Crippen LogP contribution in [0.25, 0.3) is 0 Å². The van der Waals surface area contributed by atoms with Crippen LogP contribution in [0.4, 0.5) is 5.82 Å². The summed E-state index contributed by atoms with van der Waals surface area (Å²) < 4.78 is 25.7. The molecule has 48 heavy (non-hydrogen) atoms. The summed E-state index contributed by atoms with van der Waals surface area (Å²) in [6, 6.07) is 14.0. The van der Waals surface area contributed by atoms with Crippen LogP contribution in [-0.4, -0.2) is 45.5 Å². The van der Waals surface area contributed by atoms with Crippen LogP contribution in [0.3, 0.4) is 0 Å². The first-order valence-corrected chi connectivity index (χ1v) is 15.6. The summed E-state index contributed by atoms with van der Waals surface area (Å²) in [4.78, 5) is 60.9. The number of hydrogen-bond acceptors (Lipinski definition) is 10. The van der Waals surface area contributed by atoms with E-state index < -0.39 is 40.3 Å². The van der Waals surface area contributed by atoms with Crippen molar-refractivity contribution in [1.29, 1.82) is 0 Å². The van der Waals surface area contributed by atoms with Crippen LogP contribution >= 0.6 is 11.6 Å². The number of fused-ring (bicyclic) bond motifs is 2. The predicted molar refractivity (Wildman–Crippen MR) is 175 cm³/mol. The first-order valence-electron chi connectivity index (χ1n) is 15.2. The van der Waals surface area contributed by atoms with Gasteiger partial charge in [0, 0.05) is 49.5 Å². The van der Waals surface area contributed by atoms with Gasteiger partial charge in [-0.3, -0.25) is 28.5 Å². The van der Waals surface area contributed by atoms with Crippen molar-refractivity contribution in [3.05, 3.63) is 114 Å². The number of carbonyl (C=O) groups excluding carboxylic acids is 2. The molecule has 0 fully saturated rings. The molecule has 12 nitrogen and oxygen atoms in total. The molecule has 13 heteroatoms. The Bertz CT molecular complexity index is 2190. The molecule has 2 aromatic heterocycles. The number of ether oxygens (including phenoxy) is 4. The predicted octanol–water partition coefficient (Wildman–Crippen LogP) is 4.16. The maximum absolute atomic E-state index is 15.1. The Kier molecular flexibility index (Phi) is 7.43. The summed E-state index contributed by atoms with van der Waals surface area (Å²) in [5, 5.41) is 3.25. The monoisotopic (exact) mass is 670 g/mol. The molecule has 2 aromatic carbocycles. The molecule has 1 aliphatic carbocycles. The quantitative estimate of drug-likeness (QED) is 0.298. The Labute approximate surface area is 279 Å². The van der Waals surface area contributed by atoms with Crippen molar-refractivity contribution in [3.8, 4) is 23.0 Å². The summed E-state index contributed by atoms with van der Waals surface area (Å²) in [5.74, 6) is -1.83. The number of rotatable bonds is 6. The van der Waals surface area contributed by atoms with Gasteiger partial charge in [-0.05, 0) is 36.2 Å². The van der Waals surface area contributed by atoms with Gasteiger partial charge in [-0.1, -0.05) is 36.7 Å². The van der Waals surface area contributed by atoms with Crippen molar-refractivity contribution < 1.29 is 28.5 Å². The zero-order chi connectivity index (χ0) is 34.1. The lowest BCUT2D eigenvalue weighted by atomic mass is 9.66. The third-order valence-electron chi connectivity index (χ3n) is 9.38. The second-order valence-electron chi connectivity index (χ2n) is 12.0. The molecule has 0 radical (unpaired) electrons. The second-order valence-corrected chi connectivity index (χ2v) is 12.4. The highest BCUT2D eigenvalue weighted by Crippen LogP contribution is 2.56. The van der Waals surface area contributed by atoms with E-state index in [1.807, 2.05) is 18.2 Å². The number of nitrogens with one attached hydrogen (secondary N) is 1. The Morgan fingerprint density at radius 3 is 2.48 bits per heavy atom. The lowest BCUT2D eigenvalue weighted by Gasteiger charge is -2.42. The molecule has 0 saturated carbocycles. The first-order chi connectivity index (χ1) is 23.0. The number of hydrogen-bond donors (Lipinski definition) is 1. The van der Waals surface area contributed by atoms with Gasteiger partial charge < -0.3 is 24.3 Å². The normalized spacial score (nSPS) is 20.9. The van der Waals surface area contributed by atoms with E-state index in [-0.39, 0.29) is 57.8 Å². The number of aromatic nitrogens is 3. The van der Waals surface area contributed by atoms with Crippen molar-refractivity contribution in [2.45, 2.75) is 31.5 Å². The maximum atomic E-state index is 15.1. The van der Waals surface area contributed by atoms with E-state index >= 15 is 4.79 Å². The highest BCUT2D eigenvalue weighted by Gasteiger charge is 2.63. The smallest absolute Gasteiger partial charge is 0.332 e. The van der Waals surface area contributed by atoms with Crippen LogP contribution in [0.5, 0.6) is 23.0 Å². The molecule has 246 valence electrons. The molecule has 4 heterocycles. The fourth-order valence-electron chi connectivity index (χ4n) is 6.95.